The van der Waals surface area contributed by atoms with E-state index in [0.29, 0.717) is 17.3 Å². The van der Waals surface area contributed by atoms with E-state index in [2.05, 4.69) is 64.6 Å². The zero-order valence-electron chi connectivity index (χ0n) is 14.1. The van der Waals surface area contributed by atoms with Crippen molar-refractivity contribution < 1.29 is 0 Å². The first kappa shape index (κ1) is 15.2. The topological polar surface area (TPSA) is 81.8 Å². The Morgan fingerprint density at radius 2 is 1.96 bits per heavy atom. The Kier molecular flexibility index (Phi) is 3.43. The standard InChI is InChI=1S/C19H18N6/c1-19(2,14-6-4-3-5-7-14)12-21-17-23-18-22-15-10-13(11-20)8-9-16(15)25(18)24-17/h3-10H,12H2,1-2H3,(H2,21,22,23,24). The van der Waals surface area contributed by atoms with Crippen LogP contribution in [0.2, 0.25) is 0 Å². The molecule has 2 N–H and O–H groups in total. The number of rotatable bonds is 4. The first-order valence-corrected chi connectivity index (χ1v) is 8.14. The van der Waals surface area contributed by atoms with E-state index in [4.69, 9.17) is 5.26 Å². The number of anilines is 1. The summed E-state index contributed by atoms with van der Waals surface area (Å²) in [6.07, 6.45) is 0. The highest BCUT2D eigenvalue weighted by Gasteiger charge is 2.21. The quantitative estimate of drug-likeness (QED) is 0.600. The van der Waals surface area contributed by atoms with Gasteiger partial charge in [-0.1, -0.05) is 44.2 Å². The van der Waals surface area contributed by atoms with Gasteiger partial charge in [0.15, 0.2) is 0 Å². The van der Waals surface area contributed by atoms with Crippen LogP contribution in [-0.4, -0.2) is 26.1 Å². The largest absolute Gasteiger partial charge is 0.354 e. The minimum absolute atomic E-state index is 0.0279. The summed E-state index contributed by atoms with van der Waals surface area (Å²) in [5.41, 5.74) is 3.50. The van der Waals surface area contributed by atoms with Crippen molar-refractivity contribution in [1.82, 2.24) is 19.6 Å². The van der Waals surface area contributed by atoms with E-state index in [1.54, 1.807) is 12.1 Å². The van der Waals surface area contributed by atoms with E-state index >= 15 is 0 Å². The molecule has 0 saturated carbocycles. The van der Waals surface area contributed by atoms with Crippen LogP contribution in [0.4, 0.5) is 5.95 Å². The van der Waals surface area contributed by atoms with Gasteiger partial charge < -0.3 is 5.32 Å². The van der Waals surface area contributed by atoms with Gasteiger partial charge in [-0.25, -0.2) is 9.50 Å². The minimum Gasteiger partial charge on any atom is -0.354 e. The number of nitriles is 1. The van der Waals surface area contributed by atoms with Crippen LogP contribution in [0.1, 0.15) is 25.0 Å². The molecule has 4 aromatic rings. The number of fused-ring (bicyclic) bond motifs is 3. The van der Waals surface area contributed by atoms with E-state index in [1.165, 1.54) is 5.56 Å². The highest BCUT2D eigenvalue weighted by Crippen LogP contribution is 2.23. The maximum absolute atomic E-state index is 8.99. The van der Waals surface area contributed by atoms with Crippen molar-refractivity contribution in [3.63, 3.8) is 0 Å². The van der Waals surface area contributed by atoms with Gasteiger partial charge in [-0.2, -0.15) is 10.2 Å². The summed E-state index contributed by atoms with van der Waals surface area (Å²) in [6.45, 7) is 5.13. The maximum Gasteiger partial charge on any atom is 0.253 e. The van der Waals surface area contributed by atoms with Gasteiger partial charge in [0.05, 0.1) is 22.7 Å². The molecule has 0 bridgehead atoms. The molecule has 0 fully saturated rings. The van der Waals surface area contributed by atoms with Gasteiger partial charge >= 0.3 is 0 Å². The van der Waals surface area contributed by atoms with Crippen LogP contribution in [0.15, 0.2) is 48.5 Å². The lowest BCUT2D eigenvalue weighted by Gasteiger charge is -2.25. The monoisotopic (exact) mass is 330 g/mol. The van der Waals surface area contributed by atoms with Crippen LogP contribution >= 0.6 is 0 Å². The zero-order valence-corrected chi connectivity index (χ0v) is 14.1. The first-order valence-electron chi connectivity index (χ1n) is 8.14. The molecule has 0 aliphatic carbocycles. The second-order valence-corrected chi connectivity index (χ2v) is 6.74. The number of hydrogen-bond donors (Lipinski definition) is 2. The van der Waals surface area contributed by atoms with Crippen molar-refractivity contribution in [3.8, 4) is 6.07 Å². The summed E-state index contributed by atoms with van der Waals surface area (Å²) in [4.78, 5) is 8.98. The van der Waals surface area contributed by atoms with E-state index in [-0.39, 0.29) is 5.41 Å². The van der Waals surface area contributed by atoms with Crippen molar-refractivity contribution in [2.45, 2.75) is 19.3 Å². The number of aromatic nitrogens is 4. The highest BCUT2D eigenvalue weighted by atomic mass is 15.4. The lowest BCUT2D eigenvalue weighted by atomic mass is 9.85. The Bertz CT molecular complexity index is 1080. The third-order valence-corrected chi connectivity index (χ3v) is 4.45. The third-order valence-electron chi connectivity index (χ3n) is 4.45. The van der Waals surface area contributed by atoms with Gasteiger partial charge in [-0.15, -0.1) is 0 Å². The average Bonchev–Trinajstić information content (AvgIpc) is 3.17. The predicted molar refractivity (Wildman–Crippen MR) is 97.5 cm³/mol. The lowest BCUT2D eigenvalue weighted by Crippen LogP contribution is -2.27. The number of aromatic amines is 1. The minimum atomic E-state index is -0.0279. The molecule has 2 aromatic carbocycles. The molecule has 2 heterocycles. The zero-order chi connectivity index (χ0) is 17.4. The summed E-state index contributed by atoms with van der Waals surface area (Å²) in [7, 11) is 0. The molecule has 0 spiro atoms. The predicted octanol–water partition coefficient (Wildman–Crippen LogP) is 3.47. The van der Waals surface area contributed by atoms with Gasteiger partial charge in [0.2, 0.25) is 5.95 Å². The number of H-pyrrole nitrogens is 1. The van der Waals surface area contributed by atoms with Crippen molar-refractivity contribution in [1.29, 1.82) is 5.26 Å². The molecule has 2 aromatic heterocycles. The molecule has 25 heavy (non-hydrogen) atoms. The highest BCUT2D eigenvalue weighted by molar-refractivity contribution is 5.80. The van der Waals surface area contributed by atoms with Gasteiger partial charge in [-0.3, -0.25) is 5.10 Å². The number of imidazole rings is 1. The van der Waals surface area contributed by atoms with Crippen LogP contribution in [0.25, 0.3) is 16.8 Å². The number of nitrogens with zero attached hydrogens (tertiary/aromatic N) is 4. The summed E-state index contributed by atoms with van der Waals surface area (Å²) >= 11 is 0. The lowest BCUT2D eigenvalue weighted by molar-refractivity contribution is 0.555. The fourth-order valence-corrected chi connectivity index (χ4v) is 2.93. The molecular formula is C19H18N6. The molecule has 4 rings (SSSR count). The molecule has 124 valence electrons. The molecule has 0 saturated heterocycles. The fourth-order valence-electron chi connectivity index (χ4n) is 2.93. The van der Waals surface area contributed by atoms with Crippen LogP contribution in [0.5, 0.6) is 0 Å². The third kappa shape index (κ3) is 2.70. The Morgan fingerprint density at radius 3 is 2.72 bits per heavy atom. The van der Waals surface area contributed by atoms with Gasteiger partial charge in [0.1, 0.15) is 0 Å². The molecule has 6 heteroatoms. The van der Waals surface area contributed by atoms with E-state index in [0.717, 1.165) is 17.6 Å². The average molecular weight is 330 g/mol. The number of benzene rings is 2. The fraction of sp³-hybridized carbons (Fsp3) is 0.211. The molecule has 0 atom stereocenters. The second kappa shape index (κ2) is 5.64. The van der Waals surface area contributed by atoms with Gasteiger partial charge in [0.25, 0.3) is 5.78 Å². The van der Waals surface area contributed by atoms with E-state index in [9.17, 15) is 0 Å². The molecule has 0 amide bonds. The van der Waals surface area contributed by atoms with E-state index in [1.807, 2.05) is 16.6 Å². The molecule has 6 nitrogen and oxygen atoms in total. The Balaban J connectivity index is 1.59. The summed E-state index contributed by atoms with van der Waals surface area (Å²) < 4.78 is 1.83. The van der Waals surface area contributed by atoms with Crippen LogP contribution in [0.3, 0.4) is 0 Å². The molecule has 0 aliphatic heterocycles. The second-order valence-electron chi connectivity index (χ2n) is 6.74. The van der Waals surface area contributed by atoms with Crippen molar-refractivity contribution in [2.24, 2.45) is 0 Å². The smallest absolute Gasteiger partial charge is 0.253 e. The molecule has 0 aliphatic rings. The summed E-state index contributed by atoms with van der Waals surface area (Å²) in [5.74, 6) is 1.27. The molecule has 0 radical (unpaired) electrons. The van der Waals surface area contributed by atoms with Gasteiger partial charge in [-0.05, 0) is 23.8 Å². The van der Waals surface area contributed by atoms with Gasteiger partial charge in [0, 0.05) is 12.0 Å². The Morgan fingerprint density at radius 1 is 1.16 bits per heavy atom. The summed E-state index contributed by atoms with van der Waals surface area (Å²) in [5, 5.41) is 15.6. The Labute approximate surface area is 145 Å². The van der Waals surface area contributed by atoms with Crippen molar-refractivity contribution in [2.75, 3.05) is 11.9 Å². The van der Waals surface area contributed by atoms with Crippen LogP contribution in [-0.2, 0) is 5.41 Å². The Hall–Kier alpha value is -3.33. The first-order chi connectivity index (χ1) is 12.1. The SMILES string of the molecule is CC(C)(CNc1nc2nc3cc(C#N)ccc3n2[nH]1)c1ccccc1. The number of nitrogens with one attached hydrogen (secondary N) is 2. The van der Waals surface area contributed by atoms with Crippen molar-refractivity contribution >= 4 is 22.8 Å². The van der Waals surface area contributed by atoms with Crippen LogP contribution < -0.4 is 5.32 Å². The van der Waals surface area contributed by atoms with Crippen LogP contribution in [0, 0.1) is 11.3 Å². The van der Waals surface area contributed by atoms with E-state index < -0.39 is 0 Å². The number of hydrogen-bond acceptors (Lipinski definition) is 4. The normalized spacial score (nSPS) is 11.7. The molecular weight excluding hydrogens is 312 g/mol. The molecule has 0 unspecified atom stereocenters. The summed E-state index contributed by atoms with van der Waals surface area (Å²) in [6, 6.07) is 18.0. The maximum atomic E-state index is 8.99. The van der Waals surface area contributed by atoms with Crippen molar-refractivity contribution in [3.05, 3.63) is 59.7 Å².